The Morgan fingerprint density at radius 1 is 1.06 bits per heavy atom. The van der Waals surface area contributed by atoms with Crippen LogP contribution < -0.4 is 0 Å². The predicted octanol–water partition coefficient (Wildman–Crippen LogP) is 0.639. The summed E-state index contributed by atoms with van der Waals surface area (Å²) in [4.78, 5) is 24.8. The van der Waals surface area contributed by atoms with Crippen molar-refractivity contribution in [1.29, 1.82) is 0 Å². The fourth-order valence-corrected chi connectivity index (χ4v) is 3.28. The Morgan fingerprint density at radius 2 is 1.61 bits per heavy atom. The van der Waals surface area contributed by atoms with Crippen LogP contribution in [0.15, 0.2) is 0 Å². The van der Waals surface area contributed by atoms with Gasteiger partial charge < -0.3 is 4.90 Å². The first-order chi connectivity index (χ1) is 8.32. The maximum absolute atomic E-state index is 11.8. The molecule has 1 heterocycles. The van der Waals surface area contributed by atoms with Gasteiger partial charge in [-0.25, -0.2) is 8.42 Å². The van der Waals surface area contributed by atoms with Crippen molar-refractivity contribution in [1.82, 2.24) is 4.90 Å². The third kappa shape index (κ3) is 4.76. The van der Waals surface area contributed by atoms with Gasteiger partial charge in [0.2, 0.25) is 5.91 Å². The first kappa shape index (κ1) is 15.1. The zero-order valence-electron chi connectivity index (χ0n) is 11.0. The smallest absolute Gasteiger partial charge is 0.237 e. The number of carbonyl (C=O) groups is 2. The molecule has 6 heteroatoms. The zero-order chi connectivity index (χ0) is 13.8. The molecule has 1 fully saturated rings. The lowest BCUT2D eigenvalue weighted by atomic mass is 10.1. The van der Waals surface area contributed by atoms with Crippen LogP contribution in [0.5, 0.6) is 0 Å². The highest BCUT2D eigenvalue weighted by Crippen LogP contribution is 2.10. The Labute approximate surface area is 108 Å². The van der Waals surface area contributed by atoms with Gasteiger partial charge in [0.1, 0.15) is 17.3 Å². The second-order valence-electron chi connectivity index (χ2n) is 5.09. The first-order valence-corrected chi connectivity index (χ1v) is 8.15. The molecule has 0 radical (unpaired) electrons. The van der Waals surface area contributed by atoms with Gasteiger partial charge >= 0.3 is 0 Å². The summed E-state index contributed by atoms with van der Waals surface area (Å²) >= 11 is 0. The summed E-state index contributed by atoms with van der Waals surface area (Å²) in [6.07, 6.45) is 2.94. The molecule has 0 aromatic heterocycles. The van der Waals surface area contributed by atoms with E-state index in [0.29, 0.717) is 13.1 Å². The lowest BCUT2D eigenvalue weighted by Crippen LogP contribution is -2.40. The fourth-order valence-electron chi connectivity index (χ4n) is 1.86. The summed E-state index contributed by atoms with van der Waals surface area (Å²) in [6, 6.07) is 0. The number of sulfone groups is 1. The molecular weight excluding hydrogens is 254 g/mol. The van der Waals surface area contributed by atoms with E-state index in [0.717, 1.165) is 19.3 Å². The molecular formula is C12H21NO4S. The van der Waals surface area contributed by atoms with Gasteiger partial charge in [-0.2, -0.15) is 0 Å². The third-order valence-corrected chi connectivity index (χ3v) is 4.47. The van der Waals surface area contributed by atoms with E-state index < -0.39 is 21.3 Å². The van der Waals surface area contributed by atoms with E-state index in [1.54, 1.807) is 18.7 Å². The Balaban J connectivity index is 2.54. The number of Topliss-reactive ketones (excluding diaryl/α,β-unsaturated/α-hetero) is 1. The van der Waals surface area contributed by atoms with E-state index in [1.807, 2.05) is 0 Å². The van der Waals surface area contributed by atoms with Crippen molar-refractivity contribution >= 4 is 21.5 Å². The number of ketones is 1. The Hall–Kier alpha value is -0.910. The maximum atomic E-state index is 11.8. The van der Waals surface area contributed by atoms with E-state index in [-0.39, 0.29) is 17.6 Å². The van der Waals surface area contributed by atoms with Crippen molar-refractivity contribution in [2.45, 2.75) is 33.1 Å². The highest BCUT2D eigenvalue weighted by Gasteiger charge is 2.25. The molecule has 0 unspecified atom stereocenters. The largest absolute Gasteiger partial charge is 0.342 e. The van der Waals surface area contributed by atoms with Crippen LogP contribution in [-0.2, 0) is 19.4 Å². The van der Waals surface area contributed by atoms with Gasteiger partial charge in [-0.1, -0.05) is 13.8 Å². The van der Waals surface area contributed by atoms with Crippen molar-refractivity contribution in [3.05, 3.63) is 0 Å². The summed E-state index contributed by atoms with van der Waals surface area (Å²) in [5.74, 6) is -2.08. The molecule has 0 bridgehead atoms. The van der Waals surface area contributed by atoms with E-state index in [2.05, 4.69) is 0 Å². The third-order valence-electron chi connectivity index (χ3n) is 3.06. The number of hydrogen-bond acceptors (Lipinski definition) is 4. The molecule has 5 nitrogen and oxygen atoms in total. The minimum absolute atomic E-state index is 0.315. The average molecular weight is 275 g/mol. The average Bonchev–Trinajstić information content (AvgIpc) is 2.28. The van der Waals surface area contributed by atoms with Crippen molar-refractivity contribution in [3.8, 4) is 0 Å². The van der Waals surface area contributed by atoms with E-state index in [9.17, 15) is 18.0 Å². The van der Waals surface area contributed by atoms with Gasteiger partial charge in [-0.05, 0) is 19.3 Å². The normalized spacial score (nSPS) is 16.9. The molecule has 1 saturated heterocycles. The number of piperidine rings is 1. The first-order valence-electron chi connectivity index (χ1n) is 6.33. The summed E-state index contributed by atoms with van der Waals surface area (Å²) in [7, 11) is -3.62. The second kappa shape index (κ2) is 6.31. The molecule has 0 aromatic carbocycles. The summed E-state index contributed by atoms with van der Waals surface area (Å²) in [5.41, 5.74) is 0. The van der Waals surface area contributed by atoms with E-state index in [1.165, 1.54) is 0 Å². The second-order valence-corrected chi connectivity index (χ2v) is 7.16. The van der Waals surface area contributed by atoms with Crippen LogP contribution in [0.2, 0.25) is 0 Å². The standard InChI is InChI=1S/C12H21NO4S/c1-10(2)11(14)8-18(16,17)9-12(15)13-6-4-3-5-7-13/h10H,3-9H2,1-2H3. The van der Waals surface area contributed by atoms with Crippen LogP contribution in [0, 0.1) is 5.92 Å². The highest BCUT2D eigenvalue weighted by atomic mass is 32.2. The van der Waals surface area contributed by atoms with Crippen LogP contribution in [0.1, 0.15) is 33.1 Å². The lowest BCUT2D eigenvalue weighted by molar-refractivity contribution is -0.129. The molecule has 0 N–H and O–H groups in total. The quantitative estimate of drug-likeness (QED) is 0.738. The summed E-state index contributed by atoms with van der Waals surface area (Å²) in [6.45, 7) is 4.58. The van der Waals surface area contributed by atoms with Crippen LogP contribution in [0.3, 0.4) is 0 Å². The summed E-state index contributed by atoms with van der Waals surface area (Å²) in [5, 5.41) is 0. The number of likely N-dealkylation sites (tertiary alicyclic amines) is 1. The summed E-state index contributed by atoms with van der Waals surface area (Å²) < 4.78 is 23.5. The molecule has 104 valence electrons. The van der Waals surface area contributed by atoms with Crippen LogP contribution in [-0.4, -0.2) is 49.6 Å². The number of hydrogen-bond donors (Lipinski definition) is 0. The van der Waals surface area contributed by atoms with Crippen LogP contribution >= 0.6 is 0 Å². The van der Waals surface area contributed by atoms with Crippen molar-refractivity contribution in [2.75, 3.05) is 24.6 Å². The molecule has 1 rings (SSSR count). The Morgan fingerprint density at radius 3 is 2.11 bits per heavy atom. The number of nitrogens with zero attached hydrogens (tertiary/aromatic N) is 1. The zero-order valence-corrected chi connectivity index (χ0v) is 11.8. The molecule has 1 amide bonds. The van der Waals surface area contributed by atoms with Crippen LogP contribution in [0.4, 0.5) is 0 Å². The number of amides is 1. The molecule has 1 aliphatic heterocycles. The lowest BCUT2D eigenvalue weighted by Gasteiger charge is -2.26. The fraction of sp³-hybridized carbons (Fsp3) is 0.833. The Kier molecular flexibility index (Phi) is 5.31. The number of carbonyl (C=O) groups excluding carboxylic acids is 2. The molecule has 18 heavy (non-hydrogen) atoms. The van der Waals surface area contributed by atoms with Crippen molar-refractivity contribution in [3.63, 3.8) is 0 Å². The van der Waals surface area contributed by atoms with E-state index >= 15 is 0 Å². The van der Waals surface area contributed by atoms with Crippen molar-refractivity contribution in [2.24, 2.45) is 5.92 Å². The van der Waals surface area contributed by atoms with Gasteiger partial charge in [0, 0.05) is 19.0 Å². The molecule has 0 atom stereocenters. The SMILES string of the molecule is CC(C)C(=O)CS(=O)(=O)CC(=O)N1CCCCC1. The molecule has 0 aromatic rings. The minimum atomic E-state index is -3.62. The molecule has 0 saturated carbocycles. The van der Waals surface area contributed by atoms with Gasteiger partial charge in [-0.15, -0.1) is 0 Å². The molecule has 1 aliphatic rings. The maximum Gasteiger partial charge on any atom is 0.237 e. The highest BCUT2D eigenvalue weighted by molar-refractivity contribution is 7.92. The minimum Gasteiger partial charge on any atom is -0.342 e. The van der Waals surface area contributed by atoms with Gasteiger partial charge in [0.05, 0.1) is 0 Å². The number of rotatable bonds is 5. The molecule has 0 spiro atoms. The Bertz CT molecular complexity index is 408. The van der Waals surface area contributed by atoms with E-state index in [4.69, 9.17) is 0 Å². The van der Waals surface area contributed by atoms with Gasteiger partial charge in [0.15, 0.2) is 9.84 Å². The van der Waals surface area contributed by atoms with Crippen molar-refractivity contribution < 1.29 is 18.0 Å². The topological polar surface area (TPSA) is 71.5 Å². The predicted molar refractivity (Wildman–Crippen MR) is 68.9 cm³/mol. The van der Waals surface area contributed by atoms with Gasteiger partial charge in [-0.3, -0.25) is 9.59 Å². The van der Waals surface area contributed by atoms with Gasteiger partial charge in [0.25, 0.3) is 0 Å². The van der Waals surface area contributed by atoms with Crippen LogP contribution in [0.25, 0.3) is 0 Å². The molecule has 0 aliphatic carbocycles. The monoisotopic (exact) mass is 275 g/mol.